The number of hydrogen-bond acceptors (Lipinski definition) is 4. The van der Waals surface area contributed by atoms with Crippen LogP contribution in [0.5, 0.6) is 0 Å². The first-order chi connectivity index (χ1) is 7.40. The predicted molar refractivity (Wildman–Crippen MR) is 57.0 cm³/mol. The maximum atomic E-state index is 5.45. The topological polar surface area (TPSA) is 80.5 Å². The minimum absolute atomic E-state index is 0.695. The summed E-state index contributed by atoms with van der Waals surface area (Å²) in [5, 5.41) is 13.6. The molecule has 2 rings (SSSR count). The summed E-state index contributed by atoms with van der Waals surface area (Å²) < 4.78 is 0. The van der Waals surface area contributed by atoms with Crippen molar-refractivity contribution in [1.29, 1.82) is 0 Å². The fourth-order valence-corrected chi connectivity index (χ4v) is 1.42. The number of H-pyrrole nitrogens is 1. The lowest BCUT2D eigenvalue weighted by molar-refractivity contribution is 0.833. The summed E-state index contributed by atoms with van der Waals surface area (Å²) in [6, 6.07) is 8.17. The number of hydrogen-bond donors (Lipinski definition) is 2. The highest BCUT2D eigenvalue weighted by Gasteiger charge is 2.00. The number of aryl methyl sites for hydroxylation is 1. The summed E-state index contributed by atoms with van der Waals surface area (Å²) in [6.07, 6.45) is 2.04. The quantitative estimate of drug-likeness (QED) is 0.768. The number of nitrogens with two attached hydrogens (primary N) is 1. The minimum Gasteiger partial charge on any atom is -0.330 e. The van der Waals surface area contributed by atoms with Crippen molar-refractivity contribution in [3.05, 3.63) is 29.8 Å². The number of aromatic amines is 1. The normalized spacial score (nSPS) is 10.5. The van der Waals surface area contributed by atoms with Crippen LogP contribution >= 0.6 is 0 Å². The van der Waals surface area contributed by atoms with Gasteiger partial charge in [-0.25, -0.2) is 5.10 Å². The molecule has 0 bridgehead atoms. The number of benzene rings is 1. The van der Waals surface area contributed by atoms with E-state index in [9.17, 15) is 0 Å². The van der Waals surface area contributed by atoms with Gasteiger partial charge in [-0.2, -0.15) is 0 Å². The fraction of sp³-hybridized carbons (Fsp3) is 0.300. The van der Waals surface area contributed by atoms with Crippen LogP contribution in [0.4, 0.5) is 0 Å². The molecule has 0 amide bonds. The van der Waals surface area contributed by atoms with Gasteiger partial charge in [0.15, 0.2) is 5.82 Å². The van der Waals surface area contributed by atoms with E-state index in [0.717, 1.165) is 24.9 Å². The van der Waals surface area contributed by atoms with Crippen LogP contribution in [0.15, 0.2) is 24.3 Å². The molecule has 1 aromatic carbocycles. The van der Waals surface area contributed by atoms with Gasteiger partial charge >= 0.3 is 0 Å². The molecule has 0 radical (unpaired) electrons. The second-order valence-corrected chi connectivity index (χ2v) is 3.34. The molecule has 1 aromatic heterocycles. The van der Waals surface area contributed by atoms with E-state index >= 15 is 0 Å². The van der Waals surface area contributed by atoms with Gasteiger partial charge in [-0.05, 0) is 35.4 Å². The second kappa shape index (κ2) is 4.65. The third kappa shape index (κ3) is 2.38. The molecule has 5 nitrogen and oxygen atoms in total. The molecule has 5 heteroatoms. The standard InChI is InChI=1S/C10H13N5/c11-7-1-2-8-3-5-9(6-4-8)10-12-14-15-13-10/h3-6H,1-2,7,11H2,(H,12,13,14,15). The first-order valence-corrected chi connectivity index (χ1v) is 4.93. The van der Waals surface area contributed by atoms with Crippen molar-refractivity contribution in [3.8, 4) is 11.4 Å². The lowest BCUT2D eigenvalue weighted by Gasteiger charge is -2.00. The molecular formula is C10H13N5. The summed E-state index contributed by atoms with van der Waals surface area (Å²) >= 11 is 0. The largest absolute Gasteiger partial charge is 0.330 e. The van der Waals surface area contributed by atoms with Gasteiger partial charge in [-0.3, -0.25) is 0 Å². The Kier molecular flexibility index (Phi) is 3.04. The molecule has 78 valence electrons. The SMILES string of the molecule is NCCCc1ccc(-c2nnn[nH]2)cc1. The first-order valence-electron chi connectivity index (χ1n) is 4.93. The van der Waals surface area contributed by atoms with Crippen molar-refractivity contribution < 1.29 is 0 Å². The second-order valence-electron chi connectivity index (χ2n) is 3.34. The van der Waals surface area contributed by atoms with Gasteiger partial charge in [0.05, 0.1) is 0 Å². The third-order valence-electron chi connectivity index (χ3n) is 2.24. The van der Waals surface area contributed by atoms with Crippen LogP contribution in [0.1, 0.15) is 12.0 Å². The summed E-state index contributed by atoms with van der Waals surface area (Å²) in [5.41, 5.74) is 7.74. The summed E-state index contributed by atoms with van der Waals surface area (Å²) in [4.78, 5) is 0. The average Bonchev–Trinajstić information content (AvgIpc) is 2.80. The highest BCUT2D eigenvalue weighted by molar-refractivity contribution is 5.54. The zero-order chi connectivity index (χ0) is 10.5. The molecule has 0 aliphatic rings. The van der Waals surface area contributed by atoms with E-state index < -0.39 is 0 Å². The van der Waals surface area contributed by atoms with Crippen molar-refractivity contribution >= 4 is 0 Å². The predicted octanol–water partition coefficient (Wildman–Crippen LogP) is 0.758. The zero-order valence-corrected chi connectivity index (χ0v) is 8.35. The molecule has 0 atom stereocenters. The maximum absolute atomic E-state index is 5.45. The van der Waals surface area contributed by atoms with E-state index in [4.69, 9.17) is 5.73 Å². The van der Waals surface area contributed by atoms with Gasteiger partial charge in [0, 0.05) is 5.56 Å². The fourth-order valence-electron chi connectivity index (χ4n) is 1.42. The number of tetrazole rings is 1. The van der Waals surface area contributed by atoms with Gasteiger partial charge in [-0.1, -0.05) is 24.3 Å². The van der Waals surface area contributed by atoms with E-state index in [1.807, 2.05) is 12.1 Å². The Morgan fingerprint density at radius 2 is 2.00 bits per heavy atom. The van der Waals surface area contributed by atoms with E-state index in [1.54, 1.807) is 0 Å². The molecule has 0 aliphatic heterocycles. The Labute approximate surface area is 87.7 Å². The molecule has 3 N–H and O–H groups in total. The minimum atomic E-state index is 0.695. The van der Waals surface area contributed by atoms with Gasteiger partial charge in [0.25, 0.3) is 0 Å². The Morgan fingerprint density at radius 1 is 1.20 bits per heavy atom. The molecule has 0 saturated heterocycles. The molecule has 2 aromatic rings. The van der Waals surface area contributed by atoms with Crippen molar-refractivity contribution in [2.75, 3.05) is 6.54 Å². The van der Waals surface area contributed by atoms with E-state index in [-0.39, 0.29) is 0 Å². The first kappa shape index (κ1) is 9.79. The monoisotopic (exact) mass is 203 g/mol. The summed E-state index contributed by atoms with van der Waals surface area (Å²) in [5.74, 6) is 0.695. The maximum Gasteiger partial charge on any atom is 0.179 e. The van der Waals surface area contributed by atoms with Gasteiger partial charge < -0.3 is 5.73 Å². The van der Waals surface area contributed by atoms with Crippen LogP contribution in [0.2, 0.25) is 0 Å². The Balaban J connectivity index is 2.11. The van der Waals surface area contributed by atoms with Crippen LogP contribution in [0.3, 0.4) is 0 Å². The highest BCUT2D eigenvalue weighted by atomic mass is 15.5. The summed E-state index contributed by atoms with van der Waals surface area (Å²) in [7, 11) is 0. The lowest BCUT2D eigenvalue weighted by Crippen LogP contribution is -2.00. The van der Waals surface area contributed by atoms with E-state index in [0.29, 0.717) is 5.82 Å². The van der Waals surface area contributed by atoms with Crippen molar-refractivity contribution in [1.82, 2.24) is 20.6 Å². The van der Waals surface area contributed by atoms with Crippen molar-refractivity contribution in [2.24, 2.45) is 5.73 Å². The van der Waals surface area contributed by atoms with Gasteiger partial charge in [0.2, 0.25) is 0 Å². The molecule has 0 spiro atoms. The number of nitrogens with one attached hydrogen (secondary N) is 1. The molecule has 1 heterocycles. The zero-order valence-electron chi connectivity index (χ0n) is 8.35. The Morgan fingerprint density at radius 3 is 2.60 bits per heavy atom. The number of aromatic nitrogens is 4. The van der Waals surface area contributed by atoms with Crippen LogP contribution in [0.25, 0.3) is 11.4 Å². The van der Waals surface area contributed by atoms with E-state index in [2.05, 4.69) is 32.8 Å². The molecular weight excluding hydrogens is 190 g/mol. The molecule has 0 aliphatic carbocycles. The van der Waals surface area contributed by atoms with Crippen LogP contribution in [-0.2, 0) is 6.42 Å². The molecule has 0 unspecified atom stereocenters. The van der Waals surface area contributed by atoms with Crippen molar-refractivity contribution in [3.63, 3.8) is 0 Å². The average molecular weight is 203 g/mol. The Bertz CT molecular complexity index is 392. The number of nitrogens with zero attached hydrogens (tertiary/aromatic N) is 3. The van der Waals surface area contributed by atoms with Crippen LogP contribution in [0, 0.1) is 0 Å². The highest BCUT2D eigenvalue weighted by Crippen LogP contribution is 2.14. The molecule has 0 fully saturated rings. The summed E-state index contributed by atoms with van der Waals surface area (Å²) in [6.45, 7) is 0.730. The molecule has 15 heavy (non-hydrogen) atoms. The van der Waals surface area contributed by atoms with Crippen LogP contribution in [-0.4, -0.2) is 27.2 Å². The Hall–Kier alpha value is -1.75. The number of rotatable bonds is 4. The van der Waals surface area contributed by atoms with E-state index in [1.165, 1.54) is 5.56 Å². The lowest BCUT2D eigenvalue weighted by atomic mass is 10.1. The van der Waals surface area contributed by atoms with Gasteiger partial charge in [0.1, 0.15) is 0 Å². The van der Waals surface area contributed by atoms with Crippen molar-refractivity contribution in [2.45, 2.75) is 12.8 Å². The third-order valence-corrected chi connectivity index (χ3v) is 2.24. The smallest absolute Gasteiger partial charge is 0.179 e. The van der Waals surface area contributed by atoms with Crippen LogP contribution < -0.4 is 5.73 Å². The molecule has 0 saturated carbocycles. The van der Waals surface area contributed by atoms with Gasteiger partial charge in [-0.15, -0.1) is 5.10 Å².